The van der Waals surface area contributed by atoms with E-state index in [0.29, 0.717) is 12.1 Å². The standard InChI is InChI=1S/C15H17N3O3/c1-4-6-10-9-11(7-8-12(10)20-3)13-14(17-18-16-13)15(19)21-5-2/h4,7-9H,1,5-6H2,2-3H3,(H,16,17,18). The van der Waals surface area contributed by atoms with Crippen molar-refractivity contribution in [2.45, 2.75) is 13.3 Å². The summed E-state index contributed by atoms with van der Waals surface area (Å²) in [5.74, 6) is 0.266. The van der Waals surface area contributed by atoms with Gasteiger partial charge in [0.25, 0.3) is 0 Å². The average molecular weight is 287 g/mol. The van der Waals surface area contributed by atoms with Crippen LogP contribution in [-0.4, -0.2) is 35.1 Å². The molecule has 1 heterocycles. The summed E-state index contributed by atoms with van der Waals surface area (Å²) in [7, 11) is 1.61. The van der Waals surface area contributed by atoms with Crippen molar-refractivity contribution in [3.63, 3.8) is 0 Å². The lowest BCUT2D eigenvalue weighted by Crippen LogP contribution is -2.07. The molecule has 0 radical (unpaired) electrons. The summed E-state index contributed by atoms with van der Waals surface area (Å²) in [6, 6.07) is 5.56. The van der Waals surface area contributed by atoms with Crippen molar-refractivity contribution in [1.29, 1.82) is 0 Å². The molecule has 0 bridgehead atoms. The summed E-state index contributed by atoms with van der Waals surface area (Å²) in [6.07, 6.45) is 2.44. The lowest BCUT2D eigenvalue weighted by molar-refractivity contribution is 0.0520. The number of carbonyl (C=O) groups is 1. The Hall–Kier alpha value is -2.63. The van der Waals surface area contributed by atoms with Crippen molar-refractivity contribution in [2.24, 2.45) is 0 Å². The first-order chi connectivity index (χ1) is 10.2. The van der Waals surface area contributed by atoms with Crippen LogP contribution in [0.4, 0.5) is 0 Å². The summed E-state index contributed by atoms with van der Waals surface area (Å²) >= 11 is 0. The van der Waals surface area contributed by atoms with Crippen molar-refractivity contribution in [1.82, 2.24) is 15.4 Å². The highest BCUT2D eigenvalue weighted by atomic mass is 16.5. The van der Waals surface area contributed by atoms with Gasteiger partial charge in [-0.25, -0.2) is 4.79 Å². The number of ether oxygens (including phenoxy) is 2. The molecule has 0 saturated heterocycles. The smallest absolute Gasteiger partial charge is 0.361 e. The Bertz CT molecular complexity index is 649. The summed E-state index contributed by atoms with van der Waals surface area (Å²) in [6.45, 7) is 5.76. The fourth-order valence-electron chi connectivity index (χ4n) is 2.01. The van der Waals surface area contributed by atoms with Crippen molar-refractivity contribution in [3.05, 3.63) is 42.1 Å². The molecule has 0 atom stereocenters. The molecule has 0 aliphatic heterocycles. The third kappa shape index (κ3) is 3.10. The average Bonchev–Trinajstić information content (AvgIpc) is 2.97. The third-order valence-electron chi connectivity index (χ3n) is 2.93. The maximum Gasteiger partial charge on any atom is 0.361 e. The molecule has 110 valence electrons. The quantitative estimate of drug-likeness (QED) is 0.652. The molecular formula is C15H17N3O3. The molecule has 0 spiro atoms. The third-order valence-corrected chi connectivity index (χ3v) is 2.93. The number of esters is 1. The minimum atomic E-state index is -0.498. The Morgan fingerprint density at radius 2 is 2.24 bits per heavy atom. The Balaban J connectivity index is 2.43. The first-order valence-corrected chi connectivity index (χ1v) is 6.57. The van der Waals surface area contributed by atoms with Gasteiger partial charge in [0, 0.05) is 5.56 Å². The molecule has 2 aromatic rings. The van der Waals surface area contributed by atoms with Gasteiger partial charge >= 0.3 is 5.97 Å². The van der Waals surface area contributed by atoms with Crippen molar-refractivity contribution in [3.8, 4) is 17.0 Å². The highest BCUT2D eigenvalue weighted by Gasteiger charge is 2.19. The monoisotopic (exact) mass is 287 g/mol. The van der Waals surface area contributed by atoms with E-state index in [9.17, 15) is 4.79 Å². The topological polar surface area (TPSA) is 77.1 Å². The van der Waals surface area contributed by atoms with Crippen LogP contribution in [0, 0.1) is 0 Å². The number of carbonyl (C=O) groups excluding carboxylic acids is 1. The Morgan fingerprint density at radius 3 is 2.90 bits per heavy atom. The van der Waals surface area contributed by atoms with Gasteiger partial charge in [-0.15, -0.1) is 11.7 Å². The number of benzene rings is 1. The predicted molar refractivity (Wildman–Crippen MR) is 78.2 cm³/mol. The van der Waals surface area contributed by atoms with Crippen LogP contribution in [0.3, 0.4) is 0 Å². The molecular weight excluding hydrogens is 270 g/mol. The zero-order valence-electron chi connectivity index (χ0n) is 12.0. The second-order valence-corrected chi connectivity index (χ2v) is 4.26. The largest absolute Gasteiger partial charge is 0.496 e. The van der Waals surface area contributed by atoms with Gasteiger partial charge in [0.15, 0.2) is 5.69 Å². The van der Waals surface area contributed by atoms with E-state index >= 15 is 0 Å². The summed E-state index contributed by atoms with van der Waals surface area (Å²) in [4.78, 5) is 11.8. The van der Waals surface area contributed by atoms with Gasteiger partial charge < -0.3 is 9.47 Å². The predicted octanol–water partition coefficient (Wildman–Crippen LogP) is 2.39. The normalized spacial score (nSPS) is 10.2. The molecule has 0 fully saturated rings. The maximum atomic E-state index is 11.8. The number of nitrogens with zero attached hydrogens (tertiary/aromatic N) is 2. The van der Waals surface area contributed by atoms with E-state index in [2.05, 4.69) is 22.0 Å². The zero-order valence-corrected chi connectivity index (χ0v) is 12.0. The molecule has 1 aromatic carbocycles. The summed E-state index contributed by atoms with van der Waals surface area (Å²) in [5.41, 5.74) is 2.36. The van der Waals surface area contributed by atoms with Crippen LogP contribution < -0.4 is 4.74 Å². The van der Waals surface area contributed by atoms with E-state index in [1.54, 1.807) is 20.1 Å². The van der Waals surface area contributed by atoms with Crippen LogP contribution in [0.2, 0.25) is 0 Å². The van der Waals surface area contributed by atoms with Crippen LogP contribution >= 0.6 is 0 Å². The fourth-order valence-corrected chi connectivity index (χ4v) is 2.01. The number of hydrogen-bond donors (Lipinski definition) is 1. The number of H-pyrrole nitrogens is 1. The highest BCUT2D eigenvalue weighted by Crippen LogP contribution is 2.27. The number of aromatic amines is 1. The first-order valence-electron chi connectivity index (χ1n) is 6.57. The minimum Gasteiger partial charge on any atom is -0.496 e. The van der Waals surface area contributed by atoms with Gasteiger partial charge in [0.1, 0.15) is 11.4 Å². The van der Waals surface area contributed by atoms with E-state index < -0.39 is 5.97 Å². The van der Waals surface area contributed by atoms with Gasteiger partial charge in [-0.3, -0.25) is 0 Å². The van der Waals surface area contributed by atoms with Gasteiger partial charge in [0.2, 0.25) is 0 Å². The molecule has 6 nitrogen and oxygen atoms in total. The van der Waals surface area contributed by atoms with Crippen LogP contribution in [0.1, 0.15) is 23.0 Å². The fraction of sp³-hybridized carbons (Fsp3) is 0.267. The zero-order chi connectivity index (χ0) is 15.2. The Kier molecular flexibility index (Phi) is 4.71. The van der Waals surface area contributed by atoms with Crippen LogP contribution in [0.15, 0.2) is 30.9 Å². The first kappa shape index (κ1) is 14.8. The van der Waals surface area contributed by atoms with Gasteiger partial charge in [0.05, 0.1) is 13.7 Å². The number of rotatable bonds is 6. The van der Waals surface area contributed by atoms with Gasteiger partial charge in [-0.2, -0.15) is 10.3 Å². The van der Waals surface area contributed by atoms with Crippen molar-refractivity contribution in [2.75, 3.05) is 13.7 Å². The van der Waals surface area contributed by atoms with Crippen LogP contribution in [0.5, 0.6) is 5.75 Å². The maximum absolute atomic E-state index is 11.8. The molecule has 2 rings (SSSR count). The SMILES string of the molecule is C=CCc1cc(-c2n[nH]nc2C(=O)OCC)ccc1OC. The number of hydrogen-bond acceptors (Lipinski definition) is 5. The Labute approximate surface area is 122 Å². The second kappa shape index (κ2) is 6.69. The molecule has 0 unspecified atom stereocenters. The highest BCUT2D eigenvalue weighted by molar-refractivity contribution is 5.94. The second-order valence-electron chi connectivity index (χ2n) is 4.26. The molecule has 0 aliphatic rings. The Morgan fingerprint density at radius 1 is 1.43 bits per heavy atom. The molecule has 0 aliphatic carbocycles. The number of nitrogens with one attached hydrogen (secondary N) is 1. The van der Waals surface area contributed by atoms with E-state index in [1.165, 1.54) is 0 Å². The molecule has 6 heteroatoms. The molecule has 1 aromatic heterocycles. The van der Waals surface area contributed by atoms with Gasteiger partial charge in [-0.05, 0) is 37.1 Å². The lowest BCUT2D eigenvalue weighted by atomic mass is 10.0. The van der Waals surface area contributed by atoms with Crippen molar-refractivity contribution >= 4 is 5.97 Å². The molecule has 21 heavy (non-hydrogen) atoms. The summed E-state index contributed by atoms with van der Waals surface area (Å²) < 4.78 is 10.3. The minimum absolute atomic E-state index is 0.173. The van der Waals surface area contributed by atoms with E-state index in [-0.39, 0.29) is 12.3 Å². The van der Waals surface area contributed by atoms with E-state index in [1.807, 2.05) is 18.2 Å². The summed E-state index contributed by atoms with van der Waals surface area (Å²) in [5, 5.41) is 10.4. The number of aromatic nitrogens is 3. The molecule has 0 saturated carbocycles. The number of allylic oxidation sites excluding steroid dienone is 1. The van der Waals surface area contributed by atoms with Crippen molar-refractivity contribution < 1.29 is 14.3 Å². The molecule has 0 amide bonds. The lowest BCUT2D eigenvalue weighted by Gasteiger charge is -2.08. The molecule has 1 N–H and O–H groups in total. The van der Waals surface area contributed by atoms with Crippen LogP contribution in [0.25, 0.3) is 11.3 Å². The van der Waals surface area contributed by atoms with E-state index in [0.717, 1.165) is 16.9 Å². The van der Waals surface area contributed by atoms with Gasteiger partial charge in [-0.1, -0.05) is 6.08 Å². The number of methoxy groups -OCH3 is 1. The van der Waals surface area contributed by atoms with Crippen LogP contribution in [-0.2, 0) is 11.2 Å². The van der Waals surface area contributed by atoms with E-state index in [4.69, 9.17) is 9.47 Å².